The van der Waals surface area contributed by atoms with Crippen LogP contribution >= 0.6 is 46.4 Å². The summed E-state index contributed by atoms with van der Waals surface area (Å²) in [4.78, 5) is 102. The van der Waals surface area contributed by atoms with Gasteiger partial charge in [0.2, 0.25) is 10.0 Å². The molecule has 15 rings (SSSR count). The second-order valence-corrected chi connectivity index (χ2v) is 42.7. The zero-order valence-corrected chi connectivity index (χ0v) is 90.7. The van der Waals surface area contributed by atoms with Crippen molar-refractivity contribution < 1.29 is 75.3 Å². The van der Waals surface area contributed by atoms with Crippen molar-refractivity contribution >= 4 is 141 Å². The zero-order valence-electron chi connectivity index (χ0n) is 86.8. The first-order valence-electron chi connectivity index (χ1n) is 46.8. The van der Waals surface area contributed by atoms with Gasteiger partial charge in [-0.2, -0.15) is 0 Å². The fourth-order valence-corrected chi connectivity index (χ4v) is 18.6. The molecule has 0 bridgehead atoms. The maximum absolute atomic E-state index is 13.3. The number of H-pyrrole nitrogens is 3. The van der Waals surface area contributed by atoms with Gasteiger partial charge in [-0.05, 0) is 255 Å². The maximum Gasteiger partial charge on any atom is 0.339 e. The van der Waals surface area contributed by atoms with Crippen molar-refractivity contribution in [2.45, 2.75) is 185 Å². The summed E-state index contributed by atoms with van der Waals surface area (Å²) in [6, 6.07) is 51.0. The van der Waals surface area contributed by atoms with E-state index in [9.17, 15) is 47.8 Å². The lowest BCUT2D eigenvalue weighted by molar-refractivity contribution is -0.384. The Morgan fingerprint density at radius 2 is 0.655 bits per heavy atom. The van der Waals surface area contributed by atoms with Crippen LogP contribution in [-0.4, -0.2) is 134 Å². The largest absolute Gasteiger partial charge is 0.467 e. The van der Waals surface area contributed by atoms with Crippen molar-refractivity contribution in [3.63, 3.8) is 0 Å². The Kier molecular flexibility index (Phi) is 34.8. The monoisotopic (exact) mass is 2100 g/mol. The van der Waals surface area contributed by atoms with Crippen LogP contribution in [-0.2, 0) is 67.1 Å². The molecule has 30 nitrogen and oxygen atoms in total. The van der Waals surface area contributed by atoms with E-state index in [1.807, 2.05) is 218 Å². The molecule has 0 aliphatic rings. The van der Waals surface area contributed by atoms with Crippen molar-refractivity contribution in [1.82, 2.24) is 34.9 Å². The third-order valence-corrected chi connectivity index (χ3v) is 25.2. The number of carbonyl (C=O) groups is 4. The topological polar surface area (TPSA) is 426 Å². The third kappa shape index (κ3) is 26.4. The van der Waals surface area contributed by atoms with E-state index in [1.54, 1.807) is 103 Å². The average molecular weight is 2110 g/mol. The van der Waals surface area contributed by atoms with Crippen LogP contribution in [0.25, 0.3) is 111 Å². The van der Waals surface area contributed by atoms with Crippen molar-refractivity contribution in [3.8, 4) is 90.1 Å². The van der Waals surface area contributed by atoms with E-state index in [2.05, 4.69) is 51.5 Å². The highest BCUT2D eigenvalue weighted by Crippen LogP contribution is 2.53. The van der Waals surface area contributed by atoms with Gasteiger partial charge in [0, 0.05) is 119 Å². The number of rotatable bonds is 23. The Hall–Kier alpha value is -14.4. The molecule has 0 saturated heterocycles. The average Bonchev–Trinajstić information content (AvgIpc) is 1.43. The molecule has 0 radical (unpaired) electrons. The number of aryl methyl sites for hydroxylation is 4. The summed E-state index contributed by atoms with van der Waals surface area (Å²) in [5.41, 5.74) is 31.3. The smallest absolute Gasteiger partial charge is 0.339 e. The minimum Gasteiger partial charge on any atom is -0.467 e. The van der Waals surface area contributed by atoms with Crippen molar-refractivity contribution in [2.75, 3.05) is 50.9 Å². The number of esters is 4. The molecule has 15 aromatic rings. The molecule has 0 aliphatic heterocycles. The number of nitrogen functional groups attached to an aromatic ring is 2. The number of ether oxygens (including phenoxy) is 8. The molecule has 4 atom stereocenters. The van der Waals surface area contributed by atoms with Crippen LogP contribution in [0.5, 0.6) is 0 Å². The summed E-state index contributed by atoms with van der Waals surface area (Å²) >= 11 is 24.5. The number of nitrogens with zero attached hydrogens (tertiary/aromatic N) is 6. The summed E-state index contributed by atoms with van der Waals surface area (Å²) in [6.07, 6.45) is 2.84. The fraction of sp³-hybridized carbons (Fsp3) is 0.292. The number of hydrogen-bond acceptors (Lipinski definition) is 24. The van der Waals surface area contributed by atoms with E-state index in [1.165, 1.54) is 34.6 Å². The molecular weight excluding hydrogens is 1990 g/mol. The number of carbonyl (C=O) groups excluding carboxylic acids is 4. The number of sulfonamides is 1. The first-order chi connectivity index (χ1) is 69.4. The molecule has 0 aliphatic carbocycles. The summed E-state index contributed by atoms with van der Waals surface area (Å²) < 4.78 is 73.2. The molecule has 772 valence electrons. The molecule has 4 unspecified atom stereocenters. The van der Waals surface area contributed by atoms with Gasteiger partial charge in [0.25, 0.3) is 11.4 Å². The molecule has 35 heteroatoms. The van der Waals surface area contributed by atoms with Gasteiger partial charge < -0.3 is 64.3 Å². The van der Waals surface area contributed by atoms with Gasteiger partial charge in [0.15, 0.2) is 24.4 Å². The van der Waals surface area contributed by atoms with Gasteiger partial charge in [0.1, 0.15) is 31.8 Å². The van der Waals surface area contributed by atoms with Crippen LogP contribution in [0.15, 0.2) is 189 Å². The van der Waals surface area contributed by atoms with Crippen LogP contribution in [0, 0.1) is 87.5 Å². The molecule has 148 heavy (non-hydrogen) atoms. The number of benzene rings is 8. The van der Waals surface area contributed by atoms with Crippen LogP contribution < -0.4 is 16.2 Å². The molecule has 7 heterocycles. The van der Waals surface area contributed by atoms with E-state index in [0.29, 0.717) is 110 Å². The van der Waals surface area contributed by atoms with E-state index in [-0.39, 0.29) is 38.9 Å². The Morgan fingerprint density at radius 3 is 0.973 bits per heavy atom. The van der Waals surface area contributed by atoms with Crippen LogP contribution in [0.3, 0.4) is 0 Å². The zero-order chi connectivity index (χ0) is 109. The first kappa shape index (κ1) is 112. The van der Waals surface area contributed by atoms with Gasteiger partial charge in [-0.25, -0.2) is 47.5 Å². The Morgan fingerprint density at radius 1 is 0.372 bits per heavy atom. The number of fused-ring (bicyclic) bond motifs is 3. The lowest BCUT2D eigenvalue weighted by atomic mass is 9.85. The summed E-state index contributed by atoms with van der Waals surface area (Å²) in [6.45, 7) is 36.9. The highest BCUT2D eigenvalue weighted by molar-refractivity contribution is 7.92. The molecule has 0 spiro atoms. The fourth-order valence-electron chi connectivity index (χ4n) is 17.3. The van der Waals surface area contributed by atoms with Crippen LogP contribution in [0.4, 0.5) is 28.4 Å². The van der Waals surface area contributed by atoms with E-state index in [4.69, 9.17) is 95.8 Å². The normalized spacial score (nSPS) is 12.5. The number of anilines is 3. The number of nitro benzene ring substituents is 2. The molecule has 0 amide bonds. The first-order valence-corrected chi connectivity index (χ1v) is 50.2. The predicted octanol–water partition coefficient (Wildman–Crippen LogP) is 26.4. The van der Waals surface area contributed by atoms with Crippen molar-refractivity contribution in [2.24, 2.45) is 0 Å². The molecule has 0 fully saturated rings. The number of nitrogens with one attached hydrogen (secondary N) is 4. The van der Waals surface area contributed by atoms with Crippen LogP contribution in [0.1, 0.15) is 185 Å². The van der Waals surface area contributed by atoms with E-state index in [0.717, 1.165) is 95.2 Å². The number of nitro groups is 2. The highest BCUT2D eigenvalue weighted by atomic mass is 35.5. The Balaban J connectivity index is 0.000000175. The van der Waals surface area contributed by atoms with Gasteiger partial charge in [-0.15, -0.1) is 0 Å². The molecule has 0 saturated carbocycles. The highest BCUT2D eigenvalue weighted by Gasteiger charge is 2.42. The second-order valence-electron chi connectivity index (χ2n) is 39.4. The van der Waals surface area contributed by atoms with Crippen molar-refractivity contribution in [1.29, 1.82) is 0 Å². The van der Waals surface area contributed by atoms with Crippen molar-refractivity contribution in [3.05, 3.63) is 307 Å². The number of hydrogen-bond donors (Lipinski definition) is 6. The Bertz CT molecular complexity index is 7800. The van der Waals surface area contributed by atoms with E-state index < -0.39 is 90.6 Å². The standard InChI is InChI=1S/C29H32ClN3O5S.2C28H28ClN3O5.C28H30ClN3O3/c1-16-8-10-18(11-9-16)24-20-15-21(19-12-13-31-22(30)14-19)32-26(20)25(33-39(7,35)36)17(2)23(24)27(28(34)37-6)38-29(3,4)5;1-15-7-9-17(10-8-15)23-19-14-20(18-11-12-30-21(29)13-18)31-24(19)25(32(34)35)16(2)22(23)26(27(33)36-6)37-28(3,4)5;1-16-7-10-19(11-8-16)23-20(12-9-18-13-14-31-21(29)15-18)24(30)25(32(34)35)17(2)22(23)26(27(33)36-6)37-28(3,4)5;1-15-7-9-17(10-8-15)23-19-14-20(18-11-12-31-21(29)13-18)32-25(19)24(30)16(2)22(23)26(27(33)34-6)35-28(3,4)5/h8-15,27,32-33H,1-7H3;7-14,26,31H,1-6H3;7-8,10-11,13-15,26H,30H2,1-6H3;7-14,26,32H,30H2,1-6H3. The predicted molar refractivity (Wildman–Crippen MR) is 584 cm³/mol. The lowest BCUT2D eigenvalue weighted by Crippen LogP contribution is -2.29. The number of nitrogens with two attached hydrogens (primary N) is 2. The quantitative estimate of drug-likeness (QED) is 0.00659. The number of pyridine rings is 4. The maximum atomic E-state index is 13.3. The van der Waals surface area contributed by atoms with Gasteiger partial charge >= 0.3 is 23.9 Å². The third-order valence-electron chi connectivity index (χ3n) is 23.8. The van der Waals surface area contributed by atoms with Gasteiger partial charge in [-0.1, -0.05) is 178 Å². The van der Waals surface area contributed by atoms with Crippen LogP contribution in [0.2, 0.25) is 20.6 Å². The lowest BCUT2D eigenvalue weighted by Gasteiger charge is -2.30. The van der Waals surface area contributed by atoms with Gasteiger partial charge in [0.05, 0.1) is 94.9 Å². The SMILES string of the molecule is COC(=O)C(OC(C)(C)C)c1c(C)c(N)c2[nH]c(-c3ccnc(Cl)c3)cc2c1-c1ccc(C)cc1.COC(=O)C(OC(C)(C)C)c1c(C)c(NS(C)(=O)=O)c2[nH]c(-c3ccnc(Cl)c3)cc2c1-c1ccc(C)cc1.COC(=O)C(OC(C)(C)C)c1c(C)c([N+](=O)[O-])c(N)c(C#Cc2ccnc(Cl)c2)c1-c1ccc(C)cc1.COC(=O)C(OC(C)(C)C)c1c(C)c([N+](=O)[O-])c2[nH]c(-c3ccnc(Cl)c3)cc2c1-c1ccc(C)cc1. The Labute approximate surface area is 879 Å². The number of methoxy groups -OCH3 is 4. The number of halogens is 4. The number of aromatic amines is 3. The second kappa shape index (κ2) is 45.9. The minimum atomic E-state index is -3.70. The van der Waals surface area contributed by atoms with E-state index >= 15 is 0 Å². The summed E-state index contributed by atoms with van der Waals surface area (Å²) in [5.74, 6) is 3.56. The summed E-state index contributed by atoms with van der Waals surface area (Å²) in [5, 5.41) is 28.0. The minimum absolute atomic E-state index is 0.117. The summed E-state index contributed by atoms with van der Waals surface area (Å²) in [7, 11) is 1.49. The molecule has 7 aromatic heterocycles. The molecule has 8 aromatic carbocycles. The molecule has 8 N–H and O–H groups in total. The molecular formula is C113H118Cl4N12O18S. The number of aromatic nitrogens is 7. The van der Waals surface area contributed by atoms with Gasteiger partial charge in [-0.3, -0.25) is 25.0 Å².